The van der Waals surface area contributed by atoms with Crippen LogP contribution in [0.2, 0.25) is 0 Å². The van der Waals surface area contributed by atoms with Crippen LogP contribution in [0.5, 0.6) is 0 Å². The van der Waals surface area contributed by atoms with E-state index in [1.807, 2.05) is 0 Å². The number of furan rings is 1. The van der Waals surface area contributed by atoms with E-state index in [2.05, 4.69) is 17.0 Å². The van der Waals surface area contributed by atoms with E-state index in [4.69, 9.17) is 9.15 Å². The Morgan fingerprint density at radius 2 is 1.90 bits per heavy atom. The summed E-state index contributed by atoms with van der Waals surface area (Å²) in [6.45, 7) is 3.46. The molecule has 1 heterocycles. The number of nitrogens with one attached hydrogen (secondary N) is 2. The first-order valence-corrected chi connectivity index (χ1v) is 11.8. The van der Waals surface area contributed by atoms with E-state index in [1.165, 1.54) is 24.5 Å². The number of aryl methyl sites for hydroxylation is 1. The van der Waals surface area contributed by atoms with Crippen molar-refractivity contribution >= 4 is 21.9 Å². The van der Waals surface area contributed by atoms with E-state index in [9.17, 15) is 18.0 Å². The molecule has 168 valence electrons. The molecule has 0 unspecified atom stereocenters. The number of esters is 1. The van der Waals surface area contributed by atoms with Gasteiger partial charge in [-0.1, -0.05) is 13.0 Å². The molecule has 0 atom stereocenters. The number of carbonyl (C=O) groups excluding carboxylic acids is 2. The van der Waals surface area contributed by atoms with E-state index >= 15 is 0 Å². The fourth-order valence-corrected chi connectivity index (χ4v) is 4.55. The van der Waals surface area contributed by atoms with Gasteiger partial charge < -0.3 is 14.5 Å². The first-order chi connectivity index (χ1) is 14.7. The summed E-state index contributed by atoms with van der Waals surface area (Å²) in [7, 11) is -3.86. The topological polar surface area (TPSA) is 115 Å². The maximum Gasteiger partial charge on any atom is 0.338 e. The zero-order chi connectivity index (χ0) is 22.4. The Morgan fingerprint density at radius 1 is 1.16 bits per heavy atom. The van der Waals surface area contributed by atoms with Gasteiger partial charge in [-0.3, -0.25) is 4.79 Å². The summed E-state index contributed by atoms with van der Waals surface area (Å²) >= 11 is 0. The van der Waals surface area contributed by atoms with Crippen molar-refractivity contribution in [2.75, 3.05) is 6.61 Å². The van der Waals surface area contributed by atoms with Crippen molar-refractivity contribution in [1.29, 1.82) is 0 Å². The molecule has 1 aromatic carbocycles. The third kappa shape index (κ3) is 6.41. The van der Waals surface area contributed by atoms with Crippen LogP contribution in [0.4, 0.5) is 0 Å². The minimum atomic E-state index is -3.86. The number of sulfonamides is 1. The molecule has 9 heteroatoms. The molecule has 3 rings (SSSR count). The largest absolute Gasteiger partial charge is 0.468 e. The van der Waals surface area contributed by atoms with Crippen LogP contribution >= 0.6 is 0 Å². The van der Waals surface area contributed by atoms with Crippen LogP contribution in [0.1, 0.15) is 54.3 Å². The molecule has 0 radical (unpaired) electrons. The highest BCUT2D eigenvalue weighted by molar-refractivity contribution is 7.89. The molecule has 1 fully saturated rings. The van der Waals surface area contributed by atoms with Gasteiger partial charge in [-0.2, -0.15) is 0 Å². The van der Waals surface area contributed by atoms with Gasteiger partial charge >= 0.3 is 5.97 Å². The first-order valence-electron chi connectivity index (χ1n) is 10.3. The summed E-state index contributed by atoms with van der Waals surface area (Å²) in [5.41, 5.74) is 0.650. The van der Waals surface area contributed by atoms with E-state index < -0.39 is 22.6 Å². The number of hydrogen-bond acceptors (Lipinski definition) is 6. The van der Waals surface area contributed by atoms with Crippen LogP contribution in [0.3, 0.4) is 0 Å². The molecule has 1 aliphatic carbocycles. The highest BCUT2D eigenvalue weighted by Gasteiger charge is 2.22. The molecule has 0 saturated heterocycles. The van der Waals surface area contributed by atoms with E-state index in [0.29, 0.717) is 17.2 Å². The molecule has 1 amide bonds. The number of benzene rings is 1. The lowest BCUT2D eigenvalue weighted by Gasteiger charge is -2.26. The number of ether oxygens (including phenoxy) is 1. The van der Waals surface area contributed by atoms with Crippen molar-refractivity contribution in [2.24, 2.45) is 5.92 Å². The van der Waals surface area contributed by atoms with Gasteiger partial charge in [-0.15, -0.1) is 0 Å². The average molecular weight is 449 g/mol. The smallest absolute Gasteiger partial charge is 0.338 e. The number of hydrogen-bond donors (Lipinski definition) is 2. The van der Waals surface area contributed by atoms with Crippen LogP contribution < -0.4 is 10.0 Å². The first kappa shape index (κ1) is 23.0. The Bertz CT molecular complexity index is 1010. The summed E-state index contributed by atoms with van der Waals surface area (Å²) in [4.78, 5) is 24.6. The standard InChI is InChI=1S/C22H28N2O6S/c1-15-5-8-17(9-6-15)24-21(25)14-30-22(26)20-12-19(10-7-16(20)2)31(27,28)23-13-18-4-3-11-29-18/h3-4,7,10-12,15,17,23H,5-6,8-9,13-14H2,1-2H3,(H,24,25). The Kier molecular flexibility index (Phi) is 7.50. The zero-order valence-corrected chi connectivity index (χ0v) is 18.5. The van der Waals surface area contributed by atoms with Crippen molar-refractivity contribution in [1.82, 2.24) is 10.0 Å². The average Bonchev–Trinajstić information content (AvgIpc) is 3.26. The maximum absolute atomic E-state index is 12.6. The second-order valence-corrected chi connectivity index (χ2v) is 9.75. The minimum Gasteiger partial charge on any atom is -0.468 e. The molecule has 1 aromatic heterocycles. The van der Waals surface area contributed by atoms with Crippen LogP contribution in [-0.4, -0.2) is 32.9 Å². The fourth-order valence-electron chi connectivity index (χ4n) is 3.53. The zero-order valence-electron chi connectivity index (χ0n) is 17.7. The normalized spacial score (nSPS) is 19.0. The fraction of sp³-hybridized carbons (Fsp3) is 0.455. The molecule has 2 aromatic rings. The van der Waals surface area contributed by atoms with Crippen LogP contribution in [-0.2, 0) is 26.1 Å². The van der Waals surface area contributed by atoms with Gasteiger partial charge in [0.2, 0.25) is 10.0 Å². The number of rotatable bonds is 8. The Morgan fingerprint density at radius 3 is 2.58 bits per heavy atom. The lowest BCUT2D eigenvalue weighted by molar-refractivity contribution is -0.125. The number of carbonyl (C=O) groups is 2. The van der Waals surface area contributed by atoms with E-state index in [0.717, 1.165) is 25.7 Å². The molecular weight excluding hydrogens is 420 g/mol. The van der Waals surface area contributed by atoms with Crippen LogP contribution in [0.25, 0.3) is 0 Å². The van der Waals surface area contributed by atoms with Crippen molar-refractivity contribution in [3.05, 3.63) is 53.5 Å². The van der Waals surface area contributed by atoms with Crippen molar-refractivity contribution in [3.8, 4) is 0 Å². The lowest BCUT2D eigenvalue weighted by atomic mass is 9.87. The summed E-state index contributed by atoms with van der Waals surface area (Å²) in [5, 5.41) is 2.90. The van der Waals surface area contributed by atoms with Crippen LogP contribution in [0, 0.1) is 12.8 Å². The molecule has 0 aliphatic heterocycles. The van der Waals surface area contributed by atoms with Gasteiger partial charge in [-0.05, 0) is 68.4 Å². The maximum atomic E-state index is 12.6. The van der Waals surface area contributed by atoms with Gasteiger partial charge in [0, 0.05) is 6.04 Å². The van der Waals surface area contributed by atoms with Crippen molar-refractivity contribution in [3.63, 3.8) is 0 Å². The number of amides is 1. The highest BCUT2D eigenvalue weighted by Crippen LogP contribution is 2.23. The molecule has 1 aliphatic rings. The summed E-state index contributed by atoms with van der Waals surface area (Å²) < 4.78 is 37.8. The third-order valence-electron chi connectivity index (χ3n) is 5.47. The van der Waals surface area contributed by atoms with Gasteiger partial charge in [0.05, 0.1) is 23.3 Å². The third-order valence-corrected chi connectivity index (χ3v) is 6.87. The monoisotopic (exact) mass is 448 g/mol. The lowest BCUT2D eigenvalue weighted by Crippen LogP contribution is -2.39. The molecule has 0 spiro atoms. The van der Waals surface area contributed by atoms with Gasteiger partial charge in [-0.25, -0.2) is 17.9 Å². The molecule has 2 N–H and O–H groups in total. The van der Waals surface area contributed by atoms with Crippen LogP contribution in [0.15, 0.2) is 45.9 Å². The summed E-state index contributed by atoms with van der Waals surface area (Å²) in [6.07, 6.45) is 5.43. The predicted molar refractivity (Wildman–Crippen MR) is 114 cm³/mol. The molecule has 8 nitrogen and oxygen atoms in total. The second kappa shape index (κ2) is 10.1. The van der Waals surface area contributed by atoms with E-state index in [1.54, 1.807) is 19.1 Å². The Labute approximate surface area is 182 Å². The predicted octanol–water partition coefficient (Wildman–Crippen LogP) is 2.92. The highest BCUT2D eigenvalue weighted by atomic mass is 32.2. The Hall–Kier alpha value is -2.65. The summed E-state index contributed by atoms with van der Waals surface area (Å²) in [5.74, 6) is 0.0438. The van der Waals surface area contributed by atoms with Gasteiger partial charge in [0.25, 0.3) is 5.91 Å². The SMILES string of the molecule is Cc1ccc(S(=O)(=O)NCc2ccco2)cc1C(=O)OCC(=O)NC1CCC(C)CC1. The van der Waals surface area contributed by atoms with Gasteiger partial charge in [0.15, 0.2) is 6.61 Å². The second-order valence-electron chi connectivity index (χ2n) is 7.98. The minimum absolute atomic E-state index is 0.0108. The van der Waals surface area contributed by atoms with E-state index in [-0.39, 0.29) is 29.0 Å². The molecular formula is C22H28N2O6S. The van der Waals surface area contributed by atoms with Gasteiger partial charge in [0.1, 0.15) is 5.76 Å². The quantitative estimate of drug-likeness (QED) is 0.600. The van der Waals surface area contributed by atoms with Crippen molar-refractivity contribution in [2.45, 2.75) is 57.0 Å². The Balaban J connectivity index is 1.58. The van der Waals surface area contributed by atoms with Crippen molar-refractivity contribution < 1.29 is 27.2 Å². The molecule has 1 saturated carbocycles. The summed E-state index contributed by atoms with van der Waals surface area (Å²) in [6, 6.07) is 7.61. The molecule has 0 bridgehead atoms. The molecule has 31 heavy (non-hydrogen) atoms.